The highest BCUT2D eigenvalue weighted by molar-refractivity contribution is 5.94. The molecule has 2 rings (SSSR count). The van der Waals surface area contributed by atoms with Gasteiger partial charge < -0.3 is 10.1 Å². The highest BCUT2D eigenvalue weighted by Crippen LogP contribution is 2.02. The van der Waals surface area contributed by atoms with Crippen molar-refractivity contribution in [3.05, 3.63) is 30.1 Å². The molecule has 1 aromatic heterocycles. The van der Waals surface area contributed by atoms with Gasteiger partial charge in [0.15, 0.2) is 0 Å². The van der Waals surface area contributed by atoms with E-state index in [4.69, 9.17) is 4.74 Å². The van der Waals surface area contributed by atoms with Crippen LogP contribution in [0.4, 0.5) is 0 Å². The fourth-order valence-electron chi connectivity index (χ4n) is 1.09. The van der Waals surface area contributed by atoms with Crippen LogP contribution >= 0.6 is 0 Å². The molecule has 4 heteroatoms. The molecule has 1 amide bonds. The van der Waals surface area contributed by atoms with Gasteiger partial charge in [-0.3, -0.25) is 9.78 Å². The van der Waals surface area contributed by atoms with E-state index >= 15 is 0 Å². The fraction of sp³-hybridized carbons (Fsp3) is 0.333. The van der Waals surface area contributed by atoms with Gasteiger partial charge >= 0.3 is 0 Å². The van der Waals surface area contributed by atoms with Gasteiger partial charge in [0.2, 0.25) is 0 Å². The quantitative estimate of drug-likeness (QED) is 0.704. The third-order valence-corrected chi connectivity index (χ3v) is 1.92. The second-order valence-electron chi connectivity index (χ2n) is 2.94. The highest BCUT2D eigenvalue weighted by Gasteiger charge is 2.20. The molecule has 0 spiro atoms. The molecule has 0 aliphatic carbocycles. The monoisotopic (exact) mass is 178 g/mol. The van der Waals surface area contributed by atoms with Gasteiger partial charge in [0, 0.05) is 18.0 Å². The summed E-state index contributed by atoms with van der Waals surface area (Å²) in [6, 6.07) is 3.56. The number of hydrogen-bond acceptors (Lipinski definition) is 3. The molecule has 4 nitrogen and oxygen atoms in total. The number of carbonyl (C=O) groups is 1. The van der Waals surface area contributed by atoms with Crippen molar-refractivity contribution >= 4 is 5.91 Å². The maximum atomic E-state index is 11.5. The lowest BCUT2D eigenvalue weighted by Gasteiger charge is -2.26. The molecule has 1 aliphatic heterocycles. The molecule has 0 unspecified atom stereocenters. The summed E-state index contributed by atoms with van der Waals surface area (Å²) >= 11 is 0. The Morgan fingerprint density at radius 2 is 2.15 bits per heavy atom. The minimum absolute atomic E-state index is 0.0595. The standard InChI is InChI=1S/C9H10N2O2/c12-9(11-8-5-13-6-8)7-1-3-10-4-2-7/h1-4,8H,5-6H2,(H,11,12). The van der Waals surface area contributed by atoms with E-state index in [0.29, 0.717) is 18.8 Å². The lowest BCUT2D eigenvalue weighted by atomic mass is 10.2. The number of hydrogen-bond donors (Lipinski definition) is 1. The van der Waals surface area contributed by atoms with Crippen molar-refractivity contribution in [2.24, 2.45) is 0 Å². The Labute approximate surface area is 75.9 Å². The zero-order valence-electron chi connectivity index (χ0n) is 7.06. The zero-order valence-corrected chi connectivity index (χ0v) is 7.06. The van der Waals surface area contributed by atoms with Crippen LogP contribution in [0.2, 0.25) is 0 Å². The number of carbonyl (C=O) groups excluding carboxylic acids is 1. The summed E-state index contributed by atoms with van der Waals surface area (Å²) in [6.07, 6.45) is 3.21. The van der Waals surface area contributed by atoms with E-state index in [9.17, 15) is 4.79 Å². The number of amides is 1. The van der Waals surface area contributed by atoms with Crippen LogP contribution in [0.15, 0.2) is 24.5 Å². The average Bonchev–Trinajstić information content (AvgIpc) is 2.12. The molecule has 0 radical (unpaired) electrons. The molecule has 0 atom stereocenters. The van der Waals surface area contributed by atoms with Crippen molar-refractivity contribution in [3.8, 4) is 0 Å². The first-order chi connectivity index (χ1) is 6.36. The largest absolute Gasteiger partial charge is 0.377 e. The zero-order chi connectivity index (χ0) is 9.10. The van der Waals surface area contributed by atoms with Crippen LogP contribution in [0.5, 0.6) is 0 Å². The summed E-state index contributed by atoms with van der Waals surface area (Å²) in [5.74, 6) is -0.0595. The van der Waals surface area contributed by atoms with Crippen molar-refractivity contribution in [2.45, 2.75) is 6.04 Å². The molecule has 0 aromatic carbocycles. The van der Waals surface area contributed by atoms with Gasteiger partial charge in [0.1, 0.15) is 0 Å². The van der Waals surface area contributed by atoms with Gasteiger partial charge in [0.05, 0.1) is 19.3 Å². The molecule has 68 valence electrons. The van der Waals surface area contributed by atoms with E-state index < -0.39 is 0 Å². The molecule has 1 fully saturated rings. The molecular weight excluding hydrogens is 168 g/mol. The molecule has 13 heavy (non-hydrogen) atoms. The number of nitrogens with one attached hydrogen (secondary N) is 1. The van der Waals surface area contributed by atoms with Crippen molar-refractivity contribution in [3.63, 3.8) is 0 Å². The first-order valence-corrected chi connectivity index (χ1v) is 4.15. The average molecular weight is 178 g/mol. The smallest absolute Gasteiger partial charge is 0.251 e. The molecule has 2 heterocycles. The van der Waals surface area contributed by atoms with Crippen LogP contribution in [-0.4, -0.2) is 30.1 Å². The van der Waals surface area contributed by atoms with Gasteiger partial charge in [-0.15, -0.1) is 0 Å². The summed E-state index contributed by atoms with van der Waals surface area (Å²) in [5.41, 5.74) is 0.641. The topological polar surface area (TPSA) is 51.2 Å². The Bertz CT molecular complexity index is 296. The molecule has 1 aliphatic rings. The third-order valence-electron chi connectivity index (χ3n) is 1.92. The Balaban J connectivity index is 1.97. The van der Waals surface area contributed by atoms with E-state index in [-0.39, 0.29) is 11.9 Å². The Morgan fingerprint density at radius 3 is 2.69 bits per heavy atom. The summed E-state index contributed by atoms with van der Waals surface area (Å²) in [5, 5.41) is 2.84. The Hall–Kier alpha value is -1.42. The van der Waals surface area contributed by atoms with Crippen LogP contribution < -0.4 is 5.32 Å². The second kappa shape index (κ2) is 3.53. The van der Waals surface area contributed by atoms with Crippen molar-refractivity contribution in [1.29, 1.82) is 0 Å². The van der Waals surface area contributed by atoms with Crippen LogP contribution in [0.25, 0.3) is 0 Å². The maximum absolute atomic E-state index is 11.5. The van der Waals surface area contributed by atoms with Gasteiger partial charge in [0.25, 0.3) is 5.91 Å². The summed E-state index contributed by atoms with van der Waals surface area (Å²) in [4.78, 5) is 15.3. The van der Waals surface area contributed by atoms with Crippen LogP contribution in [0.1, 0.15) is 10.4 Å². The molecule has 0 saturated carbocycles. The lowest BCUT2D eigenvalue weighted by molar-refractivity contribution is -0.00346. The number of rotatable bonds is 2. The van der Waals surface area contributed by atoms with E-state index in [2.05, 4.69) is 10.3 Å². The summed E-state index contributed by atoms with van der Waals surface area (Å²) < 4.78 is 4.94. The normalized spacial score (nSPS) is 16.3. The predicted octanol–water partition coefficient (Wildman–Crippen LogP) is 0.210. The van der Waals surface area contributed by atoms with E-state index in [1.807, 2.05) is 0 Å². The van der Waals surface area contributed by atoms with Crippen LogP contribution in [0.3, 0.4) is 0 Å². The Kier molecular flexibility index (Phi) is 2.23. The minimum atomic E-state index is -0.0595. The number of ether oxygens (including phenoxy) is 1. The SMILES string of the molecule is O=C(NC1COC1)c1ccncc1. The van der Waals surface area contributed by atoms with Gasteiger partial charge in [-0.25, -0.2) is 0 Å². The predicted molar refractivity (Wildman–Crippen MR) is 46.3 cm³/mol. The lowest BCUT2D eigenvalue weighted by Crippen LogP contribution is -2.48. The molecule has 1 N–H and O–H groups in total. The van der Waals surface area contributed by atoms with Crippen molar-refractivity contribution in [2.75, 3.05) is 13.2 Å². The second-order valence-corrected chi connectivity index (χ2v) is 2.94. The van der Waals surface area contributed by atoms with Crippen LogP contribution in [-0.2, 0) is 4.74 Å². The molecular formula is C9H10N2O2. The highest BCUT2D eigenvalue weighted by atomic mass is 16.5. The molecule has 1 aromatic rings. The van der Waals surface area contributed by atoms with E-state index in [1.165, 1.54) is 0 Å². The number of pyridine rings is 1. The van der Waals surface area contributed by atoms with Gasteiger partial charge in [-0.2, -0.15) is 0 Å². The molecule has 0 bridgehead atoms. The van der Waals surface area contributed by atoms with Crippen LogP contribution in [0, 0.1) is 0 Å². The van der Waals surface area contributed by atoms with Crippen molar-refractivity contribution in [1.82, 2.24) is 10.3 Å². The molecule has 1 saturated heterocycles. The Morgan fingerprint density at radius 1 is 1.46 bits per heavy atom. The first-order valence-electron chi connectivity index (χ1n) is 4.15. The maximum Gasteiger partial charge on any atom is 0.251 e. The number of aromatic nitrogens is 1. The number of nitrogens with zero attached hydrogens (tertiary/aromatic N) is 1. The van der Waals surface area contributed by atoms with E-state index in [0.717, 1.165) is 0 Å². The first kappa shape index (κ1) is 8.19. The van der Waals surface area contributed by atoms with E-state index in [1.54, 1.807) is 24.5 Å². The third kappa shape index (κ3) is 1.84. The van der Waals surface area contributed by atoms with Gasteiger partial charge in [-0.05, 0) is 12.1 Å². The minimum Gasteiger partial charge on any atom is -0.377 e. The van der Waals surface area contributed by atoms with Crippen molar-refractivity contribution < 1.29 is 9.53 Å². The van der Waals surface area contributed by atoms with Gasteiger partial charge in [-0.1, -0.05) is 0 Å². The summed E-state index contributed by atoms with van der Waals surface area (Å²) in [7, 11) is 0. The summed E-state index contributed by atoms with van der Waals surface area (Å²) in [6.45, 7) is 1.24. The fourth-order valence-corrected chi connectivity index (χ4v) is 1.09.